The van der Waals surface area contributed by atoms with Gasteiger partial charge < -0.3 is 24.8 Å². The summed E-state index contributed by atoms with van der Waals surface area (Å²) in [4.78, 5) is 23.9. The van der Waals surface area contributed by atoms with Crippen molar-refractivity contribution in [3.63, 3.8) is 0 Å². The van der Waals surface area contributed by atoms with Crippen LogP contribution in [0.25, 0.3) is 10.9 Å². The first-order valence-electron chi connectivity index (χ1n) is 13.3. The normalized spacial score (nSPS) is 14.0. The van der Waals surface area contributed by atoms with Crippen LogP contribution in [-0.4, -0.2) is 67.3 Å². The predicted octanol–water partition coefficient (Wildman–Crippen LogP) is 5.75. The highest BCUT2D eigenvalue weighted by Gasteiger charge is 2.30. The SMILES string of the molecule is COc1cc2c(Oc3cc(C(=O)Nc4cccc(C(F)(F)F)c4)ccc3C)ncnc2cc1NCCN1CCOCC1. The number of nitrogens with one attached hydrogen (secondary N) is 2. The molecule has 42 heavy (non-hydrogen) atoms. The molecular formula is C30H30F3N5O4. The molecule has 1 aromatic heterocycles. The summed E-state index contributed by atoms with van der Waals surface area (Å²) >= 11 is 0. The van der Waals surface area contributed by atoms with E-state index < -0.39 is 17.6 Å². The van der Waals surface area contributed by atoms with Gasteiger partial charge >= 0.3 is 6.18 Å². The second kappa shape index (κ2) is 12.6. The summed E-state index contributed by atoms with van der Waals surface area (Å²) in [6.45, 7) is 6.66. The molecule has 1 fully saturated rings. The molecule has 1 saturated heterocycles. The van der Waals surface area contributed by atoms with Crippen molar-refractivity contribution in [3.8, 4) is 17.4 Å². The number of rotatable bonds is 9. The highest BCUT2D eigenvalue weighted by Crippen LogP contribution is 2.36. The molecule has 220 valence electrons. The first-order chi connectivity index (χ1) is 20.2. The maximum absolute atomic E-state index is 13.1. The molecule has 1 aliphatic rings. The molecule has 2 N–H and O–H groups in total. The van der Waals surface area contributed by atoms with Gasteiger partial charge in [-0.05, 0) is 55.0 Å². The van der Waals surface area contributed by atoms with Crippen LogP contribution in [0.2, 0.25) is 0 Å². The zero-order valence-corrected chi connectivity index (χ0v) is 23.1. The zero-order chi connectivity index (χ0) is 29.7. The monoisotopic (exact) mass is 581 g/mol. The number of hydrogen-bond donors (Lipinski definition) is 2. The van der Waals surface area contributed by atoms with E-state index in [1.165, 1.54) is 24.5 Å². The first kappa shape index (κ1) is 29.1. The Labute approximate surface area is 240 Å². The molecule has 1 aliphatic heterocycles. The number of hydrogen-bond acceptors (Lipinski definition) is 8. The van der Waals surface area contributed by atoms with Crippen molar-refractivity contribution in [1.82, 2.24) is 14.9 Å². The van der Waals surface area contributed by atoms with E-state index in [9.17, 15) is 18.0 Å². The van der Waals surface area contributed by atoms with Crippen LogP contribution in [0.5, 0.6) is 17.4 Å². The zero-order valence-electron chi connectivity index (χ0n) is 23.1. The second-order valence-electron chi connectivity index (χ2n) is 9.74. The first-order valence-corrected chi connectivity index (χ1v) is 13.3. The number of carbonyl (C=O) groups is 1. The maximum atomic E-state index is 13.1. The average molecular weight is 582 g/mol. The predicted molar refractivity (Wildman–Crippen MR) is 152 cm³/mol. The van der Waals surface area contributed by atoms with Crippen molar-refractivity contribution >= 4 is 28.2 Å². The fourth-order valence-electron chi connectivity index (χ4n) is 4.55. The molecule has 0 unspecified atom stereocenters. The van der Waals surface area contributed by atoms with Gasteiger partial charge in [0.05, 0.1) is 42.5 Å². The van der Waals surface area contributed by atoms with E-state index >= 15 is 0 Å². The van der Waals surface area contributed by atoms with Gasteiger partial charge in [-0.2, -0.15) is 13.2 Å². The smallest absolute Gasteiger partial charge is 0.416 e. The van der Waals surface area contributed by atoms with Crippen LogP contribution >= 0.6 is 0 Å². The Kier molecular flexibility index (Phi) is 8.74. The van der Waals surface area contributed by atoms with E-state index in [1.807, 2.05) is 13.0 Å². The molecule has 3 aromatic carbocycles. The number of anilines is 2. The van der Waals surface area contributed by atoms with Crippen molar-refractivity contribution in [3.05, 3.63) is 77.6 Å². The number of aryl methyl sites for hydroxylation is 1. The van der Waals surface area contributed by atoms with Gasteiger partial charge in [0.2, 0.25) is 5.88 Å². The van der Waals surface area contributed by atoms with Crippen molar-refractivity contribution in [2.24, 2.45) is 0 Å². The Morgan fingerprint density at radius 3 is 2.62 bits per heavy atom. The summed E-state index contributed by atoms with van der Waals surface area (Å²) in [5.41, 5.74) is 1.52. The van der Waals surface area contributed by atoms with E-state index in [0.29, 0.717) is 28.9 Å². The molecule has 1 amide bonds. The minimum atomic E-state index is -4.52. The minimum Gasteiger partial charge on any atom is -0.495 e. The summed E-state index contributed by atoms with van der Waals surface area (Å²) in [6.07, 6.45) is -3.13. The molecule has 2 heterocycles. The lowest BCUT2D eigenvalue weighted by Crippen LogP contribution is -2.39. The fraction of sp³-hybridized carbons (Fsp3) is 0.300. The molecule has 0 aliphatic carbocycles. The number of benzene rings is 3. The topological polar surface area (TPSA) is 97.8 Å². The number of ether oxygens (including phenoxy) is 3. The number of methoxy groups -OCH3 is 1. The van der Waals surface area contributed by atoms with Crippen LogP contribution < -0.4 is 20.1 Å². The number of morpholine rings is 1. The molecule has 0 spiro atoms. The Morgan fingerprint density at radius 2 is 1.86 bits per heavy atom. The molecule has 0 atom stereocenters. The molecule has 0 bridgehead atoms. The third-order valence-corrected chi connectivity index (χ3v) is 6.87. The molecule has 0 saturated carbocycles. The van der Waals surface area contributed by atoms with Gasteiger partial charge in [0.1, 0.15) is 17.8 Å². The molecular weight excluding hydrogens is 551 g/mol. The van der Waals surface area contributed by atoms with E-state index in [0.717, 1.165) is 56.2 Å². The van der Waals surface area contributed by atoms with Gasteiger partial charge in [-0.15, -0.1) is 0 Å². The van der Waals surface area contributed by atoms with Crippen molar-refractivity contribution in [1.29, 1.82) is 0 Å². The van der Waals surface area contributed by atoms with Gasteiger partial charge in [0.15, 0.2) is 0 Å². The van der Waals surface area contributed by atoms with Crippen LogP contribution in [0.15, 0.2) is 60.9 Å². The number of nitrogens with zero attached hydrogens (tertiary/aromatic N) is 3. The Morgan fingerprint density at radius 1 is 1.05 bits per heavy atom. The average Bonchev–Trinajstić information content (AvgIpc) is 2.98. The molecule has 4 aromatic rings. The molecule has 0 radical (unpaired) electrons. The van der Waals surface area contributed by atoms with Crippen LogP contribution in [-0.2, 0) is 10.9 Å². The third-order valence-electron chi connectivity index (χ3n) is 6.87. The van der Waals surface area contributed by atoms with Crippen LogP contribution in [0.1, 0.15) is 21.5 Å². The summed E-state index contributed by atoms with van der Waals surface area (Å²) in [6, 6.07) is 12.9. The lowest BCUT2D eigenvalue weighted by Gasteiger charge is -2.26. The Balaban J connectivity index is 1.34. The quantitative estimate of drug-likeness (QED) is 0.258. The van der Waals surface area contributed by atoms with Gasteiger partial charge in [-0.3, -0.25) is 9.69 Å². The van der Waals surface area contributed by atoms with Crippen LogP contribution in [0.4, 0.5) is 24.5 Å². The number of aromatic nitrogens is 2. The number of amides is 1. The summed E-state index contributed by atoms with van der Waals surface area (Å²) in [7, 11) is 1.58. The molecule has 12 heteroatoms. The highest BCUT2D eigenvalue weighted by molar-refractivity contribution is 6.04. The molecule has 9 nitrogen and oxygen atoms in total. The summed E-state index contributed by atoms with van der Waals surface area (Å²) in [5, 5.41) is 6.54. The summed E-state index contributed by atoms with van der Waals surface area (Å²) in [5.74, 6) is 0.631. The number of alkyl halides is 3. The highest BCUT2D eigenvalue weighted by atomic mass is 19.4. The molecule has 5 rings (SSSR count). The van der Waals surface area contributed by atoms with Crippen molar-refractivity contribution in [2.45, 2.75) is 13.1 Å². The van der Waals surface area contributed by atoms with Gasteiger partial charge in [-0.25, -0.2) is 9.97 Å². The van der Waals surface area contributed by atoms with E-state index in [2.05, 4.69) is 25.5 Å². The number of halogens is 3. The van der Waals surface area contributed by atoms with E-state index in [4.69, 9.17) is 14.2 Å². The maximum Gasteiger partial charge on any atom is 0.416 e. The van der Waals surface area contributed by atoms with Crippen molar-refractivity contribution in [2.75, 3.05) is 57.1 Å². The third kappa shape index (κ3) is 6.89. The van der Waals surface area contributed by atoms with E-state index in [-0.39, 0.29) is 17.1 Å². The van der Waals surface area contributed by atoms with Crippen LogP contribution in [0.3, 0.4) is 0 Å². The largest absolute Gasteiger partial charge is 0.495 e. The number of carbonyl (C=O) groups excluding carboxylic acids is 1. The lowest BCUT2D eigenvalue weighted by atomic mass is 10.1. The van der Waals surface area contributed by atoms with Crippen LogP contribution in [0, 0.1) is 6.92 Å². The standard InChI is InChI=1S/C30H30F3N5O4/c1-19-6-7-20(28(39)37-22-5-3-4-21(15-22)30(31,32)33)14-26(19)42-29-23-16-27(40-2)25(17-24(23)35-18-36-29)34-8-9-38-10-12-41-13-11-38/h3-7,14-18,34H,8-13H2,1-2H3,(H,37,39). The number of fused-ring (bicyclic) bond motifs is 1. The van der Waals surface area contributed by atoms with E-state index in [1.54, 1.807) is 25.3 Å². The lowest BCUT2D eigenvalue weighted by molar-refractivity contribution is -0.137. The Hall–Kier alpha value is -4.42. The fourth-order valence-corrected chi connectivity index (χ4v) is 4.55. The van der Waals surface area contributed by atoms with Gasteiger partial charge in [0, 0.05) is 37.4 Å². The van der Waals surface area contributed by atoms with Gasteiger partial charge in [-0.1, -0.05) is 12.1 Å². The minimum absolute atomic E-state index is 0.0288. The van der Waals surface area contributed by atoms with Crippen molar-refractivity contribution < 1.29 is 32.2 Å². The summed E-state index contributed by atoms with van der Waals surface area (Å²) < 4.78 is 56.4. The Bertz CT molecular complexity index is 1570. The van der Waals surface area contributed by atoms with Gasteiger partial charge in [0.25, 0.3) is 5.91 Å². The second-order valence-corrected chi connectivity index (χ2v) is 9.74.